The van der Waals surface area contributed by atoms with Crippen molar-refractivity contribution in [3.8, 4) is 0 Å². The maximum Gasteiger partial charge on any atom is 0.411 e. The predicted octanol–water partition coefficient (Wildman–Crippen LogP) is 4.06. The maximum absolute atomic E-state index is 13.9. The fraction of sp³-hybridized carbons (Fsp3) is 0.409. The molecule has 2 aromatic carbocycles. The Morgan fingerprint density at radius 1 is 1.13 bits per heavy atom. The lowest BCUT2D eigenvalue weighted by Crippen LogP contribution is -2.47. The highest BCUT2D eigenvalue weighted by molar-refractivity contribution is 5.85. The molecule has 2 N–H and O–H groups in total. The van der Waals surface area contributed by atoms with Crippen LogP contribution in [0.5, 0.6) is 0 Å². The average Bonchev–Trinajstić information content (AvgIpc) is 2.74. The van der Waals surface area contributed by atoms with Crippen molar-refractivity contribution in [3.05, 3.63) is 59.9 Å². The van der Waals surface area contributed by atoms with Crippen molar-refractivity contribution in [2.75, 3.05) is 49.5 Å². The number of piperazine rings is 1. The van der Waals surface area contributed by atoms with Crippen LogP contribution in [0.15, 0.2) is 48.5 Å². The van der Waals surface area contributed by atoms with Gasteiger partial charge in [-0.25, -0.2) is 9.18 Å². The Morgan fingerprint density at radius 3 is 2.43 bits per heavy atom. The molecule has 1 atom stereocenters. The van der Waals surface area contributed by atoms with E-state index in [0.717, 1.165) is 38.2 Å². The highest BCUT2D eigenvalue weighted by Crippen LogP contribution is 2.22. The van der Waals surface area contributed by atoms with Crippen molar-refractivity contribution in [3.63, 3.8) is 0 Å². The number of β-amino-alcohol motifs (C(OH)–C–C–N with tert-alkyl or cyclic N) is 1. The SMILES string of the molecule is CCCOC(=O)Nc1ccc(C(O)CN2CCN(c3ccccc3F)CC2)cc1.Cl. The second-order valence-corrected chi connectivity index (χ2v) is 7.14. The molecule has 1 unspecified atom stereocenters. The Bertz CT molecular complexity index is 798. The van der Waals surface area contributed by atoms with Crippen LogP contribution in [0, 0.1) is 5.82 Å². The van der Waals surface area contributed by atoms with Crippen LogP contribution in [-0.2, 0) is 4.74 Å². The fourth-order valence-electron chi connectivity index (χ4n) is 3.37. The third kappa shape index (κ3) is 6.58. The van der Waals surface area contributed by atoms with E-state index < -0.39 is 12.2 Å². The number of hydrogen-bond acceptors (Lipinski definition) is 5. The first-order chi connectivity index (χ1) is 14.1. The van der Waals surface area contributed by atoms with E-state index in [1.807, 2.05) is 17.9 Å². The van der Waals surface area contributed by atoms with Crippen LogP contribution < -0.4 is 10.2 Å². The standard InChI is InChI=1S/C22H28FN3O3.ClH/c1-2-15-29-22(28)24-18-9-7-17(8-10-18)21(27)16-25-11-13-26(14-12-25)20-6-4-3-5-19(20)23;/h3-10,21,27H,2,11-16H2,1H3,(H,24,28);1H. The quantitative estimate of drug-likeness (QED) is 0.683. The lowest BCUT2D eigenvalue weighted by atomic mass is 10.1. The monoisotopic (exact) mass is 437 g/mol. The maximum atomic E-state index is 13.9. The Morgan fingerprint density at radius 2 is 1.80 bits per heavy atom. The predicted molar refractivity (Wildman–Crippen MR) is 119 cm³/mol. The molecule has 0 aromatic heterocycles. The molecule has 0 spiro atoms. The molecule has 0 radical (unpaired) electrons. The van der Waals surface area contributed by atoms with Crippen molar-refractivity contribution in [2.45, 2.75) is 19.4 Å². The summed E-state index contributed by atoms with van der Waals surface area (Å²) in [6, 6.07) is 13.9. The van der Waals surface area contributed by atoms with Gasteiger partial charge in [0.05, 0.1) is 18.4 Å². The topological polar surface area (TPSA) is 65.0 Å². The van der Waals surface area contributed by atoms with Crippen LogP contribution in [0.4, 0.5) is 20.6 Å². The van der Waals surface area contributed by atoms with E-state index in [-0.39, 0.29) is 18.2 Å². The number of amides is 1. The fourth-order valence-corrected chi connectivity index (χ4v) is 3.37. The zero-order valence-electron chi connectivity index (χ0n) is 17.1. The van der Waals surface area contributed by atoms with Crippen molar-refractivity contribution in [1.29, 1.82) is 0 Å². The van der Waals surface area contributed by atoms with Gasteiger partial charge in [0.15, 0.2) is 0 Å². The van der Waals surface area contributed by atoms with Gasteiger partial charge >= 0.3 is 6.09 Å². The van der Waals surface area contributed by atoms with Crippen LogP contribution in [0.3, 0.4) is 0 Å². The number of ether oxygens (including phenoxy) is 1. The molecule has 2 aromatic rings. The summed E-state index contributed by atoms with van der Waals surface area (Å²) in [5, 5.41) is 13.2. The smallest absolute Gasteiger partial charge is 0.411 e. The van der Waals surface area contributed by atoms with Gasteiger partial charge in [-0.3, -0.25) is 10.2 Å². The van der Waals surface area contributed by atoms with E-state index in [4.69, 9.17) is 4.74 Å². The number of nitrogens with one attached hydrogen (secondary N) is 1. The molecule has 1 saturated heterocycles. The molecule has 0 aliphatic carbocycles. The van der Waals surface area contributed by atoms with Gasteiger partial charge in [0, 0.05) is 38.4 Å². The molecule has 30 heavy (non-hydrogen) atoms. The van der Waals surface area contributed by atoms with Gasteiger partial charge in [0.1, 0.15) is 5.82 Å². The molecular formula is C22H29ClFN3O3. The Labute approximate surface area is 183 Å². The number of hydrogen-bond donors (Lipinski definition) is 2. The molecule has 1 aliphatic rings. The summed E-state index contributed by atoms with van der Waals surface area (Å²) in [7, 11) is 0. The van der Waals surface area contributed by atoms with Crippen molar-refractivity contribution < 1.29 is 19.0 Å². The molecule has 0 saturated carbocycles. The molecule has 8 heteroatoms. The van der Waals surface area contributed by atoms with Gasteiger partial charge in [-0.05, 0) is 36.2 Å². The minimum Gasteiger partial charge on any atom is -0.449 e. The zero-order valence-corrected chi connectivity index (χ0v) is 17.9. The summed E-state index contributed by atoms with van der Waals surface area (Å²) in [6.45, 7) is 5.78. The summed E-state index contributed by atoms with van der Waals surface area (Å²) in [4.78, 5) is 15.8. The molecule has 0 bridgehead atoms. The Hall–Kier alpha value is -2.35. The minimum absolute atomic E-state index is 0. The van der Waals surface area contributed by atoms with E-state index in [1.54, 1.807) is 36.4 Å². The number of nitrogens with zero attached hydrogens (tertiary/aromatic N) is 2. The number of benzene rings is 2. The summed E-state index contributed by atoms with van der Waals surface area (Å²) in [5.74, 6) is -0.201. The largest absolute Gasteiger partial charge is 0.449 e. The van der Waals surface area contributed by atoms with Gasteiger partial charge in [-0.1, -0.05) is 31.2 Å². The molecular weight excluding hydrogens is 409 g/mol. The first kappa shape index (κ1) is 23.9. The number of carbonyl (C=O) groups excluding carboxylic acids is 1. The van der Waals surface area contributed by atoms with Crippen molar-refractivity contribution in [1.82, 2.24) is 4.90 Å². The Kier molecular flexibility index (Phi) is 9.36. The number of rotatable bonds is 7. The highest BCUT2D eigenvalue weighted by Gasteiger charge is 2.21. The Balaban J connectivity index is 0.00000320. The van der Waals surface area contributed by atoms with Crippen molar-refractivity contribution >= 4 is 29.9 Å². The van der Waals surface area contributed by atoms with Crippen LogP contribution >= 0.6 is 12.4 Å². The van der Waals surface area contributed by atoms with E-state index in [9.17, 15) is 14.3 Å². The molecule has 3 rings (SSSR count). The normalized spacial score (nSPS) is 15.2. The second-order valence-electron chi connectivity index (χ2n) is 7.14. The third-order valence-electron chi connectivity index (χ3n) is 4.98. The lowest BCUT2D eigenvalue weighted by molar-refractivity contribution is 0.109. The first-order valence-corrected chi connectivity index (χ1v) is 10.0. The summed E-state index contributed by atoms with van der Waals surface area (Å²) < 4.78 is 18.9. The average molecular weight is 438 g/mol. The number of aliphatic hydroxyl groups excluding tert-OH is 1. The van der Waals surface area contributed by atoms with E-state index in [2.05, 4.69) is 10.2 Å². The van der Waals surface area contributed by atoms with Gasteiger partial charge in [0.2, 0.25) is 0 Å². The number of para-hydroxylation sites is 1. The minimum atomic E-state index is -0.629. The van der Waals surface area contributed by atoms with Gasteiger partial charge in [-0.15, -0.1) is 12.4 Å². The van der Waals surface area contributed by atoms with Gasteiger partial charge in [0.25, 0.3) is 0 Å². The number of aliphatic hydroxyl groups is 1. The molecule has 6 nitrogen and oxygen atoms in total. The lowest BCUT2D eigenvalue weighted by Gasteiger charge is -2.37. The number of carbonyl (C=O) groups is 1. The van der Waals surface area contributed by atoms with Gasteiger partial charge in [-0.2, -0.15) is 0 Å². The highest BCUT2D eigenvalue weighted by atomic mass is 35.5. The molecule has 1 fully saturated rings. The van der Waals surface area contributed by atoms with Crippen LogP contribution in [0.1, 0.15) is 25.0 Å². The van der Waals surface area contributed by atoms with E-state index in [1.165, 1.54) is 6.07 Å². The molecule has 164 valence electrons. The summed E-state index contributed by atoms with van der Waals surface area (Å²) >= 11 is 0. The zero-order chi connectivity index (χ0) is 20.6. The van der Waals surface area contributed by atoms with Crippen LogP contribution in [-0.4, -0.2) is 55.4 Å². The van der Waals surface area contributed by atoms with Crippen LogP contribution in [0.25, 0.3) is 0 Å². The summed E-state index contributed by atoms with van der Waals surface area (Å²) in [5.41, 5.74) is 2.04. The van der Waals surface area contributed by atoms with Crippen molar-refractivity contribution in [2.24, 2.45) is 0 Å². The number of anilines is 2. The molecule has 1 aliphatic heterocycles. The summed E-state index contributed by atoms with van der Waals surface area (Å²) in [6.07, 6.45) is -0.336. The van der Waals surface area contributed by atoms with E-state index >= 15 is 0 Å². The number of halogens is 2. The van der Waals surface area contributed by atoms with Crippen LogP contribution in [0.2, 0.25) is 0 Å². The second kappa shape index (κ2) is 11.7. The van der Waals surface area contributed by atoms with Gasteiger partial charge < -0.3 is 14.7 Å². The first-order valence-electron chi connectivity index (χ1n) is 10.0. The third-order valence-corrected chi connectivity index (χ3v) is 4.98. The molecule has 1 heterocycles. The molecule has 1 amide bonds. The van der Waals surface area contributed by atoms with E-state index in [0.29, 0.717) is 24.5 Å².